The van der Waals surface area contributed by atoms with Crippen LogP contribution in [0.2, 0.25) is 0 Å². The van der Waals surface area contributed by atoms with Crippen molar-refractivity contribution in [3.05, 3.63) is 113 Å². The van der Waals surface area contributed by atoms with Crippen molar-refractivity contribution < 1.29 is 9.90 Å². The third kappa shape index (κ3) is 4.16. The first-order valence-electron chi connectivity index (χ1n) is 12.0. The zero-order valence-electron chi connectivity index (χ0n) is 20.5. The maximum atomic E-state index is 11.3. The summed E-state index contributed by atoms with van der Waals surface area (Å²) >= 11 is 5.88. The molecule has 0 radical (unpaired) electrons. The first-order valence-corrected chi connectivity index (χ1v) is 12.4. The molecule has 2 aromatic carbocycles. The van der Waals surface area contributed by atoms with Gasteiger partial charge in [-0.3, -0.25) is 4.98 Å². The molecule has 0 aliphatic carbocycles. The van der Waals surface area contributed by atoms with Crippen LogP contribution in [0.4, 0.5) is 5.69 Å². The SMILES string of the molecule is CCc1ccc(N2C(=S)N[C@@H](c3ccccn3)[C@@H]2c2cc(C)n(-c3ccc(C(=O)O)cc3)c2C)cc1. The maximum absolute atomic E-state index is 11.3. The van der Waals surface area contributed by atoms with Gasteiger partial charge in [-0.1, -0.05) is 25.1 Å². The minimum atomic E-state index is -0.934. The molecule has 0 amide bonds. The van der Waals surface area contributed by atoms with Gasteiger partial charge in [0.15, 0.2) is 5.11 Å². The van der Waals surface area contributed by atoms with E-state index >= 15 is 0 Å². The number of aryl methyl sites for hydroxylation is 2. The van der Waals surface area contributed by atoms with Gasteiger partial charge in [0.1, 0.15) is 0 Å². The summed E-state index contributed by atoms with van der Waals surface area (Å²) in [5.41, 5.74) is 7.69. The Morgan fingerprint density at radius 3 is 2.33 bits per heavy atom. The average molecular weight is 497 g/mol. The standard InChI is InChI=1S/C29H28N4O2S/c1-4-20-8-12-23(13-9-20)33-27(26(31-29(33)36)25-7-5-6-16-30-25)24-17-18(2)32(19(24)3)22-14-10-21(11-15-22)28(34)35/h5-17,26-27H,4H2,1-3H3,(H,31,36)(H,34,35)/t26-,27-/m0/s1. The number of carboxylic acid groups (broad SMARTS) is 1. The lowest BCUT2D eigenvalue weighted by Gasteiger charge is -2.28. The summed E-state index contributed by atoms with van der Waals surface area (Å²) in [5, 5.41) is 13.5. The molecule has 2 atom stereocenters. The van der Waals surface area contributed by atoms with Gasteiger partial charge in [-0.25, -0.2) is 4.79 Å². The van der Waals surface area contributed by atoms with Crippen molar-refractivity contribution in [2.45, 2.75) is 39.3 Å². The zero-order chi connectivity index (χ0) is 25.4. The summed E-state index contributed by atoms with van der Waals surface area (Å²) in [4.78, 5) is 18.2. The van der Waals surface area contributed by atoms with Crippen molar-refractivity contribution in [1.29, 1.82) is 0 Å². The van der Waals surface area contributed by atoms with E-state index in [1.165, 1.54) is 5.56 Å². The van der Waals surface area contributed by atoms with Crippen molar-refractivity contribution in [3.8, 4) is 5.69 Å². The number of aromatic carboxylic acids is 1. The molecule has 0 bridgehead atoms. The molecular weight excluding hydrogens is 468 g/mol. The van der Waals surface area contributed by atoms with Crippen LogP contribution in [0.25, 0.3) is 5.69 Å². The Kier molecular flexibility index (Phi) is 6.33. The predicted octanol–water partition coefficient (Wildman–Crippen LogP) is 5.93. The second-order valence-corrected chi connectivity index (χ2v) is 9.42. The number of aromatic nitrogens is 2. The Balaban J connectivity index is 1.64. The molecular formula is C29H28N4O2S. The van der Waals surface area contributed by atoms with Gasteiger partial charge in [-0.15, -0.1) is 0 Å². The van der Waals surface area contributed by atoms with Crippen LogP contribution in [0.5, 0.6) is 0 Å². The van der Waals surface area contributed by atoms with Crippen LogP contribution in [-0.4, -0.2) is 25.7 Å². The highest BCUT2D eigenvalue weighted by Gasteiger charge is 2.42. The molecule has 7 heteroatoms. The molecule has 5 rings (SSSR count). The molecule has 0 spiro atoms. The van der Waals surface area contributed by atoms with Crippen molar-refractivity contribution >= 4 is 29.0 Å². The van der Waals surface area contributed by atoms with E-state index in [1.807, 2.05) is 36.5 Å². The number of pyridine rings is 1. The second kappa shape index (κ2) is 9.59. The maximum Gasteiger partial charge on any atom is 0.335 e. The molecule has 0 saturated carbocycles. The molecule has 1 aliphatic heterocycles. The number of hydrogen-bond donors (Lipinski definition) is 2. The molecule has 36 heavy (non-hydrogen) atoms. The molecule has 3 heterocycles. The number of carboxylic acids is 1. The zero-order valence-corrected chi connectivity index (χ0v) is 21.3. The number of nitrogens with zero attached hydrogens (tertiary/aromatic N) is 3. The molecule has 1 aliphatic rings. The summed E-state index contributed by atoms with van der Waals surface area (Å²) in [6.45, 7) is 6.32. The predicted molar refractivity (Wildman–Crippen MR) is 146 cm³/mol. The summed E-state index contributed by atoms with van der Waals surface area (Å²) in [6, 6.07) is 23.4. The molecule has 4 aromatic rings. The van der Waals surface area contributed by atoms with Crippen molar-refractivity contribution in [2.75, 3.05) is 4.90 Å². The van der Waals surface area contributed by atoms with Crippen molar-refractivity contribution in [1.82, 2.24) is 14.9 Å². The fourth-order valence-corrected chi connectivity index (χ4v) is 5.42. The molecule has 1 saturated heterocycles. The van der Waals surface area contributed by atoms with Crippen LogP contribution in [0, 0.1) is 13.8 Å². The average Bonchev–Trinajstić information content (AvgIpc) is 3.39. The smallest absolute Gasteiger partial charge is 0.335 e. The highest BCUT2D eigenvalue weighted by molar-refractivity contribution is 7.80. The fraction of sp³-hybridized carbons (Fsp3) is 0.207. The van der Waals surface area contributed by atoms with Gasteiger partial charge in [-0.05, 0) is 98.2 Å². The Morgan fingerprint density at radius 1 is 1.03 bits per heavy atom. The largest absolute Gasteiger partial charge is 0.478 e. The molecule has 6 nitrogen and oxygen atoms in total. The normalized spacial score (nSPS) is 17.3. The van der Waals surface area contributed by atoms with Gasteiger partial charge >= 0.3 is 5.97 Å². The number of hydrogen-bond acceptors (Lipinski definition) is 3. The lowest BCUT2D eigenvalue weighted by Crippen LogP contribution is -2.29. The molecule has 2 N–H and O–H groups in total. The number of nitrogens with one attached hydrogen (secondary N) is 1. The third-order valence-corrected chi connectivity index (χ3v) is 7.20. The Morgan fingerprint density at radius 2 is 1.72 bits per heavy atom. The van der Waals surface area contributed by atoms with Gasteiger partial charge in [0.2, 0.25) is 0 Å². The first-order chi connectivity index (χ1) is 17.4. The van der Waals surface area contributed by atoms with E-state index in [-0.39, 0.29) is 17.6 Å². The van der Waals surface area contributed by atoms with Crippen LogP contribution < -0.4 is 10.2 Å². The first kappa shape index (κ1) is 23.8. The Bertz CT molecular complexity index is 1410. The Labute approximate surface area is 216 Å². The molecule has 1 fully saturated rings. The number of rotatable bonds is 6. The number of carbonyl (C=O) groups is 1. The van der Waals surface area contributed by atoms with E-state index in [2.05, 4.69) is 70.9 Å². The highest BCUT2D eigenvalue weighted by atomic mass is 32.1. The van der Waals surface area contributed by atoms with E-state index in [4.69, 9.17) is 12.2 Å². The van der Waals surface area contributed by atoms with Crippen molar-refractivity contribution in [3.63, 3.8) is 0 Å². The van der Waals surface area contributed by atoms with Crippen LogP contribution in [0.15, 0.2) is 79.0 Å². The van der Waals surface area contributed by atoms with Crippen LogP contribution >= 0.6 is 12.2 Å². The minimum Gasteiger partial charge on any atom is -0.478 e. The monoisotopic (exact) mass is 496 g/mol. The van der Waals surface area contributed by atoms with E-state index in [0.29, 0.717) is 5.11 Å². The van der Waals surface area contributed by atoms with Gasteiger partial charge in [0.05, 0.1) is 23.3 Å². The quantitative estimate of drug-likeness (QED) is 0.323. The lowest BCUT2D eigenvalue weighted by molar-refractivity contribution is 0.0697. The molecule has 2 aromatic heterocycles. The van der Waals surface area contributed by atoms with E-state index in [9.17, 15) is 9.90 Å². The fourth-order valence-electron chi connectivity index (χ4n) is 5.08. The van der Waals surface area contributed by atoms with Gasteiger partial charge in [0.25, 0.3) is 0 Å². The summed E-state index contributed by atoms with van der Waals surface area (Å²) in [7, 11) is 0. The second-order valence-electron chi connectivity index (χ2n) is 9.03. The molecule has 182 valence electrons. The van der Waals surface area contributed by atoms with Crippen molar-refractivity contribution in [2.24, 2.45) is 0 Å². The topological polar surface area (TPSA) is 70.4 Å². The lowest BCUT2D eigenvalue weighted by atomic mass is 9.96. The van der Waals surface area contributed by atoms with Crippen LogP contribution in [0.1, 0.15) is 57.6 Å². The Hall–Kier alpha value is -3.97. The highest BCUT2D eigenvalue weighted by Crippen LogP contribution is 2.43. The molecule has 0 unspecified atom stereocenters. The van der Waals surface area contributed by atoms with Crippen LogP contribution in [0.3, 0.4) is 0 Å². The number of thiocarbonyl (C=S) groups is 1. The van der Waals surface area contributed by atoms with E-state index in [0.717, 1.165) is 40.4 Å². The third-order valence-electron chi connectivity index (χ3n) is 6.88. The summed E-state index contributed by atoms with van der Waals surface area (Å²) < 4.78 is 2.16. The van der Waals surface area contributed by atoms with Crippen LogP contribution in [-0.2, 0) is 6.42 Å². The summed E-state index contributed by atoms with van der Waals surface area (Å²) in [5.74, 6) is -0.934. The van der Waals surface area contributed by atoms with Gasteiger partial charge in [0, 0.05) is 29.0 Å². The van der Waals surface area contributed by atoms with Gasteiger partial charge < -0.3 is 19.9 Å². The van der Waals surface area contributed by atoms with E-state index in [1.54, 1.807) is 12.1 Å². The number of anilines is 1. The van der Waals surface area contributed by atoms with E-state index < -0.39 is 5.97 Å². The van der Waals surface area contributed by atoms with Gasteiger partial charge in [-0.2, -0.15) is 0 Å². The number of benzene rings is 2. The summed E-state index contributed by atoms with van der Waals surface area (Å²) in [6.07, 6.45) is 2.79. The minimum absolute atomic E-state index is 0.113.